The number of carbonyl (C=O) groups is 1. The molecule has 3 heterocycles. The third-order valence-corrected chi connectivity index (χ3v) is 5.09. The van der Waals surface area contributed by atoms with Gasteiger partial charge in [0.05, 0.1) is 5.56 Å². The number of hydrogen-bond acceptors (Lipinski definition) is 5. The van der Waals surface area contributed by atoms with Crippen LogP contribution in [0, 0.1) is 17.2 Å². The molecular formula is C18H25N5O2. The Hall–Kier alpha value is -2.33. The number of carbonyl (C=O) groups excluding carboxylic acids is 1. The van der Waals surface area contributed by atoms with E-state index in [9.17, 15) is 9.90 Å². The number of nitriles is 1. The summed E-state index contributed by atoms with van der Waals surface area (Å²) in [5.41, 5.74) is 0.564. The Bertz CT molecular complexity index is 619. The highest BCUT2D eigenvalue weighted by molar-refractivity contribution is 5.74. The fraction of sp³-hybridized carbons (Fsp3) is 0.611. The number of aliphatic hydroxyl groups is 1. The Balaban J connectivity index is 1.47. The van der Waals surface area contributed by atoms with Gasteiger partial charge in [-0.2, -0.15) is 5.26 Å². The lowest BCUT2D eigenvalue weighted by Crippen LogP contribution is -2.51. The number of hydrogen-bond donors (Lipinski definition) is 2. The van der Waals surface area contributed by atoms with E-state index in [2.05, 4.69) is 21.3 Å². The summed E-state index contributed by atoms with van der Waals surface area (Å²) in [5, 5.41) is 21.3. The van der Waals surface area contributed by atoms with Crippen LogP contribution in [0.15, 0.2) is 18.3 Å². The van der Waals surface area contributed by atoms with Crippen molar-refractivity contribution in [1.82, 2.24) is 15.2 Å². The standard InChI is InChI=1S/C18H25N5O2/c19-10-14-3-4-17(20-11-14)22-8-5-16(6-9-22)21-18(25)23-7-1-2-15(12-23)13-24/h3-4,11,15-16,24H,1-2,5-9,12-13H2,(H,21,25)/t15-/m0/s1. The van der Waals surface area contributed by atoms with Crippen LogP contribution in [-0.4, -0.2) is 59.8 Å². The normalized spacial score (nSPS) is 21.7. The topological polar surface area (TPSA) is 92.5 Å². The number of anilines is 1. The van der Waals surface area contributed by atoms with Crippen molar-refractivity contribution in [3.05, 3.63) is 23.9 Å². The van der Waals surface area contributed by atoms with E-state index in [1.165, 1.54) is 0 Å². The molecular weight excluding hydrogens is 318 g/mol. The number of amides is 2. The minimum Gasteiger partial charge on any atom is -0.396 e. The third-order valence-electron chi connectivity index (χ3n) is 5.09. The van der Waals surface area contributed by atoms with Crippen molar-refractivity contribution in [3.8, 4) is 6.07 Å². The summed E-state index contributed by atoms with van der Waals surface area (Å²) in [6.45, 7) is 3.25. The maximum atomic E-state index is 12.4. The summed E-state index contributed by atoms with van der Waals surface area (Å²) >= 11 is 0. The van der Waals surface area contributed by atoms with E-state index in [0.717, 1.165) is 51.1 Å². The van der Waals surface area contributed by atoms with Crippen LogP contribution in [0.4, 0.5) is 10.6 Å². The molecule has 0 aromatic carbocycles. The zero-order valence-corrected chi connectivity index (χ0v) is 14.4. The van der Waals surface area contributed by atoms with Gasteiger partial charge < -0.3 is 20.2 Å². The van der Waals surface area contributed by atoms with E-state index < -0.39 is 0 Å². The summed E-state index contributed by atoms with van der Waals surface area (Å²) in [6.07, 6.45) is 5.31. The van der Waals surface area contributed by atoms with Crippen molar-refractivity contribution < 1.29 is 9.90 Å². The SMILES string of the molecule is N#Cc1ccc(N2CCC(NC(=O)N3CCC[C@H](CO)C3)CC2)nc1. The minimum absolute atomic E-state index is 0.00639. The molecule has 25 heavy (non-hydrogen) atoms. The summed E-state index contributed by atoms with van der Waals surface area (Å²) in [4.78, 5) is 20.8. The van der Waals surface area contributed by atoms with E-state index in [0.29, 0.717) is 12.1 Å². The lowest BCUT2D eigenvalue weighted by molar-refractivity contribution is 0.127. The summed E-state index contributed by atoms with van der Waals surface area (Å²) in [7, 11) is 0. The Morgan fingerprint density at radius 1 is 1.32 bits per heavy atom. The number of nitrogens with one attached hydrogen (secondary N) is 1. The molecule has 2 saturated heterocycles. The fourth-order valence-electron chi connectivity index (χ4n) is 3.56. The van der Waals surface area contributed by atoms with Crippen molar-refractivity contribution >= 4 is 11.8 Å². The number of aromatic nitrogens is 1. The molecule has 7 heteroatoms. The molecule has 134 valence electrons. The summed E-state index contributed by atoms with van der Waals surface area (Å²) in [5.74, 6) is 1.09. The minimum atomic E-state index is -0.00639. The molecule has 2 fully saturated rings. The molecule has 1 aromatic rings. The van der Waals surface area contributed by atoms with E-state index in [1.807, 2.05) is 11.0 Å². The second-order valence-corrected chi connectivity index (χ2v) is 6.86. The molecule has 1 aromatic heterocycles. The van der Waals surface area contributed by atoms with Crippen molar-refractivity contribution in [2.45, 2.75) is 31.7 Å². The summed E-state index contributed by atoms with van der Waals surface area (Å²) < 4.78 is 0. The van der Waals surface area contributed by atoms with Crippen LogP contribution in [0.3, 0.4) is 0 Å². The quantitative estimate of drug-likeness (QED) is 0.864. The van der Waals surface area contributed by atoms with E-state index in [-0.39, 0.29) is 24.6 Å². The van der Waals surface area contributed by atoms with Gasteiger partial charge in [0.15, 0.2) is 0 Å². The molecule has 3 rings (SSSR count). The van der Waals surface area contributed by atoms with Gasteiger partial charge in [0, 0.05) is 45.0 Å². The first-order valence-corrected chi connectivity index (χ1v) is 8.97. The lowest BCUT2D eigenvalue weighted by Gasteiger charge is -2.36. The predicted octanol–water partition coefficient (Wildman–Crippen LogP) is 1.34. The van der Waals surface area contributed by atoms with Crippen LogP contribution in [0.1, 0.15) is 31.2 Å². The smallest absolute Gasteiger partial charge is 0.317 e. The number of piperidine rings is 2. The molecule has 0 radical (unpaired) electrons. The second-order valence-electron chi connectivity index (χ2n) is 6.86. The highest BCUT2D eigenvalue weighted by Crippen LogP contribution is 2.19. The van der Waals surface area contributed by atoms with Crippen molar-refractivity contribution in [2.75, 3.05) is 37.7 Å². The van der Waals surface area contributed by atoms with Crippen molar-refractivity contribution in [2.24, 2.45) is 5.92 Å². The molecule has 2 aliphatic heterocycles. The van der Waals surface area contributed by atoms with Crippen molar-refractivity contribution in [1.29, 1.82) is 5.26 Å². The van der Waals surface area contributed by atoms with Crippen LogP contribution in [-0.2, 0) is 0 Å². The summed E-state index contributed by atoms with van der Waals surface area (Å²) in [6, 6.07) is 5.90. The second kappa shape index (κ2) is 8.17. The van der Waals surface area contributed by atoms with E-state index >= 15 is 0 Å². The molecule has 2 aliphatic rings. The van der Waals surface area contributed by atoms with Crippen LogP contribution in [0.5, 0.6) is 0 Å². The van der Waals surface area contributed by atoms with Gasteiger partial charge in [0.1, 0.15) is 11.9 Å². The van der Waals surface area contributed by atoms with Gasteiger partial charge in [0.2, 0.25) is 0 Å². The highest BCUT2D eigenvalue weighted by Gasteiger charge is 2.26. The number of likely N-dealkylation sites (tertiary alicyclic amines) is 1. The number of rotatable bonds is 3. The molecule has 1 atom stereocenters. The monoisotopic (exact) mass is 343 g/mol. The number of nitrogens with zero attached hydrogens (tertiary/aromatic N) is 4. The maximum absolute atomic E-state index is 12.4. The third kappa shape index (κ3) is 4.40. The van der Waals surface area contributed by atoms with Gasteiger partial charge in [0.25, 0.3) is 0 Å². The average Bonchev–Trinajstić information content (AvgIpc) is 2.68. The number of aliphatic hydroxyl groups excluding tert-OH is 1. The van der Waals surface area contributed by atoms with Gasteiger partial charge in [-0.1, -0.05) is 0 Å². The van der Waals surface area contributed by atoms with Gasteiger partial charge in [-0.15, -0.1) is 0 Å². The molecule has 0 saturated carbocycles. The molecule has 0 aliphatic carbocycles. The van der Waals surface area contributed by atoms with Gasteiger partial charge in [-0.05, 0) is 43.7 Å². The van der Waals surface area contributed by atoms with Crippen LogP contribution in [0.2, 0.25) is 0 Å². The molecule has 0 bridgehead atoms. The molecule has 2 amide bonds. The zero-order valence-electron chi connectivity index (χ0n) is 14.4. The van der Waals surface area contributed by atoms with Gasteiger partial charge in [-0.3, -0.25) is 0 Å². The Labute approximate surface area is 148 Å². The van der Waals surface area contributed by atoms with Crippen LogP contribution in [0.25, 0.3) is 0 Å². The first-order chi connectivity index (χ1) is 12.2. The molecule has 0 spiro atoms. The maximum Gasteiger partial charge on any atom is 0.317 e. The molecule has 7 nitrogen and oxygen atoms in total. The molecule has 0 unspecified atom stereocenters. The van der Waals surface area contributed by atoms with E-state index in [4.69, 9.17) is 5.26 Å². The first kappa shape index (κ1) is 17.5. The zero-order chi connectivity index (χ0) is 17.6. The predicted molar refractivity (Wildman–Crippen MR) is 94.1 cm³/mol. The fourth-order valence-corrected chi connectivity index (χ4v) is 3.56. The Morgan fingerprint density at radius 2 is 2.12 bits per heavy atom. The highest BCUT2D eigenvalue weighted by atomic mass is 16.3. The Morgan fingerprint density at radius 3 is 2.76 bits per heavy atom. The lowest BCUT2D eigenvalue weighted by atomic mass is 9.99. The number of pyridine rings is 1. The van der Waals surface area contributed by atoms with Crippen molar-refractivity contribution in [3.63, 3.8) is 0 Å². The van der Waals surface area contributed by atoms with Gasteiger partial charge in [-0.25, -0.2) is 9.78 Å². The average molecular weight is 343 g/mol. The Kier molecular flexibility index (Phi) is 5.71. The van der Waals surface area contributed by atoms with Crippen LogP contribution >= 0.6 is 0 Å². The van der Waals surface area contributed by atoms with Gasteiger partial charge >= 0.3 is 6.03 Å². The van der Waals surface area contributed by atoms with Crippen LogP contribution < -0.4 is 10.2 Å². The number of urea groups is 1. The van der Waals surface area contributed by atoms with E-state index in [1.54, 1.807) is 12.3 Å². The first-order valence-electron chi connectivity index (χ1n) is 8.97. The molecule has 2 N–H and O–H groups in total. The largest absolute Gasteiger partial charge is 0.396 e.